The van der Waals surface area contributed by atoms with E-state index in [1.54, 1.807) is 0 Å². The first-order valence-electron chi connectivity index (χ1n) is 5.70. The third-order valence-corrected chi connectivity index (χ3v) is 3.14. The Morgan fingerprint density at radius 1 is 1.56 bits per heavy atom. The lowest BCUT2D eigenvalue weighted by atomic mass is 10.2. The lowest BCUT2D eigenvalue weighted by Crippen LogP contribution is -2.05. The van der Waals surface area contributed by atoms with Crippen molar-refractivity contribution in [3.63, 3.8) is 0 Å². The molecule has 16 heavy (non-hydrogen) atoms. The van der Waals surface area contributed by atoms with Crippen molar-refractivity contribution in [1.82, 2.24) is 14.5 Å². The normalized spacial score (nSPS) is 13.2. The van der Waals surface area contributed by atoms with Gasteiger partial charge in [0.1, 0.15) is 0 Å². The van der Waals surface area contributed by atoms with Crippen molar-refractivity contribution in [1.29, 1.82) is 0 Å². The van der Waals surface area contributed by atoms with Gasteiger partial charge >= 0.3 is 0 Å². The van der Waals surface area contributed by atoms with E-state index in [0.29, 0.717) is 6.04 Å². The Bertz CT molecular complexity index is 553. The van der Waals surface area contributed by atoms with Gasteiger partial charge in [-0.05, 0) is 44.1 Å². The molecule has 2 aromatic heterocycles. The van der Waals surface area contributed by atoms with Crippen LogP contribution < -0.4 is 0 Å². The monoisotopic (exact) mass is 235 g/mol. The van der Waals surface area contributed by atoms with E-state index in [4.69, 9.17) is 12.2 Å². The highest BCUT2D eigenvalue weighted by atomic mass is 32.1. The number of rotatable bonds is 3. The molecule has 4 heteroatoms. The van der Waals surface area contributed by atoms with Crippen LogP contribution >= 0.6 is 12.2 Å². The first kappa shape index (κ1) is 11.3. The molecule has 2 heterocycles. The van der Waals surface area contributed by atoms with Crippen LogP contribution in [0.4, 0.5) is 0 Å². The van der Waals surface area contributed by atoms with E-state index in [-0.39, 0.29) is 0 Å². The minimum atomic E-state index is 0.404. The van der Waals surface area contributed by atoms with Gasteiger partial charge < -0.3 is 4.98 Å². The van der Waals surface area contributed by atoms with E-state index in [1.807, 2.05) is 13.1 Å². The summed E-state index contributed by atoms with van der Waals surface area (Å²) in [5.74, 6) is 0. The zero-order valence-electron chi connectivity index (χ0n) is 9.95. The van der Waals surface area contributed by atoms with Crippen LogP contribution in [0.3, 0.4) is 0 Å². The average molecular weight is 235 g/mol. The van der Waals surface area contributed by atoms with Crippen LogP contribution in [0.5, 0.6) is 0 Å². The number of nitrogens with one attached hydrogen (secondary N) is 1. The van der Waals surface area contributed by atoms with Crippen molar-refractivity contribution in [3.8, 4) is 0 Å². The molecule has 0 fully saturated rings. The van der Waals surface area contributed by atoms with Crippen LogP contribution in [-0.4, -0.2) is 14.5 Å². The fraction of sp³-hybridized carbons (Fsp3) is 0.500. The molecule has 2 aromatic rings. The Balaban J connectivity index is 2.60. The van der Waals surface area contributed by atoms with Gasteiger partial charge in [-0.1, -0.05) is 13.3 Å². The summed E-state index contributed by atoms with van der Waals surface area (Å²) >= 11 is 5.35. The largest absolute Gasteiger partial charge is 0.329 e. The van der Waals surface area contributed by atoms with E-state index in [1.165, 1.54) is 0 Å². The Hall–Kier alpha value is -1.16. The molecule has 1 unspecified atom stereocenters. The Morgan fingerprint density at radius 3 is 3.00 bits per heavy atom. The van der Waals surface area contributed by atoms with Crippen LogP contribution in [0.25, 0.3) is 11.2 Å². The predicted octanol–water partition coefficient (Wildman–Crippen LogP) is 3.76. The SMILES string of the molecule is CCCC(C)n1c(=S)[nH]c2cc(C)cnc21. The molecule has 0 radical (unpaired) electrons. The van der Waals surface area contributed by atoms with E-state index in [2.05, 4.69) is 34.4 Å². The number of hydrogen-bond acceptors (Lipinski definition) is 2. The molecule has 0 aliphatic heterocycles. The van der Waals surface area contributed by atoms with Gasteiger partial charge in [-0.25, -0.2) is 4.98 Å². The number of imidazole rings is 1. The molecule has 0 spiro atoms. The zero-order chi connectivity index (χ0) is 11.7. The van der Waals surface area contributed by atoms with Gasteiger partial charge in [-0.15, -0.1) is 0 Å². The second kappa shape index (κ2) is 4.37. The molecule has 86 valence electrons. The minimum absolute atomic E-state index is 0.404. The van der Waals surface area contributed by atoms with Crippen LogP contribution in [0.1, 0.15) is 38.3 Å². The number of aromatic amines is 1. The molecule has 0 aromatic carbocycles. The Morgan fingerprint density at radius 2 is 2.31 bits per heavy atom. The highest BCUT2D eigenvalue weighted by Crippen LogP contribution is 2.20. The molecular weight excluding hydrogens is 218 g/mol. The number of fused-ring (bicyclic) bond motifs is 1. The highest BCUT2D eigenvalue weighted by molar-refractivity contribution is 7.71. The highest BCUT2D eigenvalue weighted by Gasteiger charge is 2.11. The van der Waals surface area contributed by atoms with Gasteiger partial charge in [0.05, 0.1) is 5.52 Å². The van der Waals surface area contributed by atoms with Crippen LogP contribution in [0, 0.1) is 11.7 Å². The maximum absolute atomic E-state index is 5.35. The van der Waals surface area contributed by atoms with Gasteiger partial charge in [-0.3, -0.25) is 4.57 Å². The van der Waals surface area contributed by atoms with Gasteiger partial charge in [0.15, 0.2) is 10.4 Å². The average Bonchev–Trinajstić information content (AvgIpc) is 2.53. The predicted molar refractivity (Wildman–Crippen MR) is 69.3 cm³/mol. The fourth-order valence-electron chi connectivity index (χ4n) is 2.07. The van der Waals surface area contributed by atoms with Crippen LogP contribution in [-0.2, 0) is 0 Å². The van der Waals surface area contributed by atoms with Crippen molar-refractivity contribution in [2.24, 2.45) is 0 Å². The summed E-state index contributed by atoms with van der Waals surface area (Å²) < 4.78 is 2.89. The Kier molecular flexibility index (Phi) is 3.10. The molecular formula is C12H17N3S. The first-order valence-corrected chi connectivity index (χ1v) is 6.11. The molecule has 0 aliphatic rings. The zero-order valence-corrected chi connectivity index (χ0v) is 10.8. The third-order valence-electron chi connectivity index (χ3n) is 2.84. The first-order chi connectivity index (χ1) is 7.63. The third kappa shape index (κ3) is 1.89. The van der Waals surface area contributed by atoms with Crippen molar-refractivity contribution < 1.29 is 0 Å². The fourth-order valence-corrected chi connectivity index (χ4v) is 2.45. The van der Waals surface area contributed by atoms with Gasteiger partial charge in [0, 0.05) is 12.2 Å². The number of pyridine rings is 1. The van der Waals surface area contributed by atoms with Crippen molar-refractivity contribution >= 4 is 23.4 Å². The summed E-state index contributed by atoms with van der Waals surface area (Å²) in [4.78, 5) is 7.69. The number of aromatic nitrogens is 3. The van der Waals surface area contributed by atoms with Crippen molar-refractivity contribution in [2.75, 3.05) is 0 Å². The number of nitrogens with zero attached hydrogens (tertiary/aromatic N) is 2. The molecule has 2 rings (SSSR count). The summed E-state index contributed by atoms with van der Waals surface area (Å²) in [6.45, 7) is 6.41. The molecule has 3 nitrogen and oxygen atoms in total. The Labute approximate surface area is 101 Å². The van der Waals surface area contributed by atoms with E-state index in [0.717, 1.165) is 34.3 Å². The summed E-state index contributed by atoms with van der Waals surface area (Å²) in [6, 6.07) is 2.49. The molecule has 0 saturated carbocycles. The van der Waals surface area contributed by atoms with Crippen LogP contribution in [0.2, 0.25) is 0 Å². The van der Waals surface area contributed by atoms with Crippen molar-refractivity contribution in [2.45, 2.75) is 39.7 Å². The van der Waals surface area contributed by atoms with Crippen molar-refractivity contribution in [3.05, 3.63) is 22.6 Å². The standard InChI is InChI=1S/C12H17N3S/c1-4-5-9(3)15-11-10(14-12(15)16)6-8(2)7-13-11/h6-7,9H,4-5H2,1-3H3,(H,14,16). The maximum Gasteiger partial charge on any atom is 0.179 e. The molecule has 1 N–H and O–H groups in total. The van der Waals surface area contributed by atoms with Gasteiger partial charge in [0.25, 0.3) is 0 Å². The van der Waals surface area contributed by atoms with E-state index in [9.17, 15) is 0 Å². The van der Waals surface area contributed by atoms with Gasteiger partial charge in [0.2, 0.25) is 0 Å². The summed E-state index contributed by atoms with van der Waals surface area (Å²) in [5, 5.41) is 0. The quantitative estimate of drug-likeness (QED) is 0.822. The number of aryl methyl sites for hydroxylation is 1. The molecule has 0 saturated heterocycles. The topological polar surface area (TPSA) is 33.6 Å². The van der Waals surface area contributed by atoms with Crippen LogP contribution in [0.15, 0.2) is 12.3 Å². The van der Waals surface area contributed by atoms with E-state index < -0.39 is 0 Å². The second-order valence-electron chi connectivity index (χ2n) is 4.32. The minimum Gasteiger partial charge on any atom is -0.329 e. The van der Waals surface area contributed by atoms with E-state index >= 15 is 0 Å². The lowest BCUT2D eigenvalue weighted by Gasteiger charge is -2.12. The molecule has 0 aliphatic carbocycles. The molecule has 1 atom stereocenters. The summed E-state index contributed by atoms with van der Waals surface area (Å²) in [5.41, 5.74) is 3.16. The molecule has 0 bridgehead atoms. The summed E-state index contributed by atoms with van der Waals surface area (Å²) in [7, 11) is 0. The summed E-state index contributed by atoms with van der Waals surface area (Å²) in [6.07, 6.45) is 4.17. The number of H-pyrrole nitrogens is 1. The number of hydrogen-bond donors (Lipinski definition) is 1. The molecule has 0 amide bonds. The van der Waals surface area contributed by atoms with Gasteiger partial charge in [-0.2, -0.15) is 0 Å². The smallest absolute Gasteiger partial charge is 0.179 e. The second-order valence-corrected chi connectivity index (χ2v) is 4.71. The maximum atomic E-state index is 5.35. The lowest BCUT2D eigenvalue weighted by molar-refractivity contribution is 0.505.